The fourth-order valence-electron chi connectivity index (χ4n) is 1.16. The Bertz CT molecular complexity index is 360. The maximum absolute atomic E-state index is 11.9. The van der Waals surface area contributed by atoms with E-state index in [0.717, 1.165) is 5.56 Å². The zero-order chi connectivity index (χ0) is 11.6. The number of hydrogen-bond acceptors (Lipinski definition) is 2. The van der Waals surface area contributed by atoms with Crippen molar-refractivity contribution in [1.82, 2.24) is 0 Å². The van der Waals surface area contributed by atoms with Gasteiger partial charge in [0.1, 0.15) is 5.75 Å². The van der Waals surface area contributed by atoms with Gasteiger partial charge in [0.15, 0.2) is 6.61 Å². The van der Waals surface area contributed by atoms with Crippen LogP contribution >= 0.6 is 0 Å². The van der Waals surface area contributed by atoms with Crippen molar-refractivity contribution in [3.8, 4) is 5.75 Å². The van der Waals surface area contributed by atoms with E-state index in [0.29, 0.717) is 11.3 Å². The van der Waals surface area contributed by atoms with Crippen molar-refractivity contribution in [2.24, 2.45) is 0 Å². The topological polar surface area (TPSA) is 35.2 Å². The Morgan fingerprint density at radius 2 is 1.80 bits per heavy atom. The van der Waals surface area contributed by atoms with Gasteiger partial charge < -0.3 is 10.5 Å². The summed E-state index contributed by atoms with van der Waals surface area (Å²) in [6.45, 7) is 2.17. The van der Waals surface area contributed by atoms with Gasteiger partial charge in [-0.1, -0.05) is 6.07 Å². The summed E-state index contributed by atoms with van der Waals surface area (Å²) in [6.07, 6.45) is -4.33. The minimum atomic E-state index is -4.33. The fraction of sp³-hybridized carbons (Fsp3) is 0.400. The number of nitrogen functional groups attached to an aromatic ring is 1. The van der Waals surface area contributed by atoms with Crippen LogP contribution in [0.2, 0.25) is 0 Å². The van der Waals surface area contributed by atoms with E-state index in [-0.39, 0.29) is 5.75 Å². The SMILES string of the molecule is Cc1cc(C)c(OCC(F)(F)F)cc1N. The molecule has 0 heterocycles. The third-order valence-corrected chi connectivity index (χ3v) is 1.95. The van der Waals surface area contributed by atoms with Crippen LogP contribution < -0.4 is 10.5 Å². The van der Waals surface area contributed by atoms with Gasteiger partial charge in [-0.05, 0) is 25.0 Å². The van der Waals surface area contributed by atoms with Gasteiger partial charge in [-0.2, -0.15) is 13.2 Å². The normalized spacial score (nSPS) is 11.5. The Morgan fingerprint density at radius 3 is 2.33 bits per heavy atom. The zero-order valence-electron chi connectivity index (χ0n) is 8.48. The quantitative estimate of drug-likeness (QED) is 0.776. The Morgan fingerprint density at radius 1 is 1.20 bits per heavy atom. The summed E-state index contributed by atoms with van der Waals surface area (Å²) < 4.78 is 40.3. The first-order valence-corrected chi connectivity index (χ1v) is 4.36. The lowest BCUT2D eigenvalue weighted by Crippen LogP contribution is -2.19. The van der Waals surface area contributed by atoms with Crippen molar-refractivity contribution in [3.05, 3.63) is 23.3 Å². The molecule has 0 unspecified atom stereocenters. The number of benzene rings is 1. The molecule has 0 radical (unpaired) electrons. The third kappa shape index (κ3) is 3.34. The monoisotopic (exact) mass is 219 g/mol. The van der Waals surface area contributed by atoms with Crippen LogP contribution in [-0.2, 0) is 0 Å². The van der Waals surface area contributed by atoms with E-state index < -0.39 is 12.8 Å². The molecule has 0 aromatic heterocycles. The predicted molar refractivity (Wildman–Crippen MR) is 51.9 cm³/mol. The lowest BCUT2D eigenvalue weighted by molar-refractivity contribution is -0.153. The summed E-state index contributed by atoms with van der Waals surface area (Å²) in [4.78, 5) is 0. The second-order valence-corrected chi connectivity index (χ2v) is 3.38. The maximum atomic E-state index is 11.9. The Balaban J connectivity index is 2.82. The summed E-state index contributed by atoms with van der Waals surface area (Å²) in [5.74, 6) is 0.176. The average molecular weight is 219 g/mol. The highest BCUT2D eigenvalue weighted by molar-refractivity contribution is 5.54. The van der Waals surface area contributed by atoms with E-state index in [1.54, 1.807) is 19.9 Å². The van der Waals surface area contributed by atoms with Crippen molar-refractivity contribution < 1.29 is 17.9 Å². The number of ether oxygens (including phenoxy) is 1. The predicted octanol–water partition coefficient (Wildman–Crippen LogP) is 2.83. The second-order valence-electron chi connectivity index (χ2n) is 3.38. The molecule has 5 heteroatoms. The summed E-state index contributed by atoms with van der Waals surface area (Å²) >= 11 is 0. The van der Waals surface area contributed by atoms with Crippen LogP contribution in [0.3, 0.4) is 0 Å². The van der Waals surface area contributed by atoms with Gasteiger partial charge in [-0.25, -0.2) is 0 Å². The van der Waals surface area contributed by atoms with Crippen LogP contribution in [0.25, 0.3) is 0 Å². The smallest absolute Gasteiger partial charge is 0.422 e. The van der Waals surface area contributed by atoms with E-state index in [1.165, 1.54) is 6.07 Å². The third-order valence-electron chi connectivity index (χ3n) is 1.95. The second kappa shape index (κ2) is 4.00. The molecular weight excluding hydrogens is 207 g/mol. The van der Waals surface area contributed by atoms with Crippen molar-refractivity contribution in [1.29, 1.82) is 0 Å². The molecule has 0 fully saturated rings. The first-order chi connectivity index (χ1) is 6.79. The summed E-state index contributed by atoms with van der Waals surface area (Å²) in [7, 11) is 0. The van der Waals surface area contributed by atoms with Gasteiger partial charge in [0.25, 0.3) is 0 Å². The number of hydrogen-bond donors (Lipinski definition) is 1. The molecule has 2 N–H and O–H groups in total. The molecule has 0 saturated heterocycles. The van der Waals surface area contributed by atoms with E-state index in [9.17, 15) is 13.2 Å². The first kappa shape index (κ1) is 11.7. The van der Waals surface area contributed by atoms with Crippen molar-refractivity contribution in [3.63, 3.8) is 0 Å². The van der Waals surface area contributed by atoms with Gasteiger partial charge in [0.2, 0.25) is 0 Å². The van der Waals surface area contributed by atoms with E-state index in [1.807, 2.05) is 0 Å². The molecule has 0 aliphatic heterocycles. The van der Waals surface area contributed by atoms with E-state index >= 15 is 0 Å². The minimum Gasteiger partial charge on any atom is -0.484 e. The van der Waals surface area contributed by atoms with Crippen molar-refractivity contribution >= 4 is 5.69 Å². The molecule has 2 nitrogen and oxygen atoms in total. The molecule has 84 valence electrons. The van der Waals surface area contributed by atoms with Crippen LogP contribution in [0, 0.1) is 13.8 Å². The molecule has 1 rings (SSSR count). The van der Waals surface area contributed by atoms with Crippen LogP contribution in [0.1, 0.15) is 11.1 Å². The van der Waals surface area contributed by atoms with E-state index in [4.69, 9.17) is 5.73 Å². The van der Waals surface area contributed by atoms with E-state index in [2.05, 4.69) is 4.74 Å². The zero-order valence-corrected chi connectivity index (χ0v) is 8.48. The first-order valence-electron chi connectivity index (χ1n) is 4.36. The highest BCUT2D eigenvalue weighted by Gasteiger charge is 2.28. The molecule has 0 aliphatic carbocycles. The fourth-order valence-corrected chi connectivity index (χ4v) is 1.16. The summed E-state index contributed by atoms with van der Waals surface area (Å²) in [6, 6.07) is 3.11. The number of rotatable bonds is 2. The van der Waals surface area contributed by atoms with Crippen LogP contribution in [0.15, 0.2) is 12.1 Å². The molecule has 0 bridgehead atoms. The van der Waals surface area contributed by atoms with Crippen molar-refractivity contribution in [2.45, 2.75) is 20.0 Å². The summed E-state index contributed by atoms with van der Waals surface area (Å²) in [5, 5.41) is 0. The highest BCUT2D eigenvalue weighted by atomic mass is 19.4. The lowest BCUT2D eigenvalue weighted by atomic mass is 10.1. The minimum absolute atomic E-state index is 0.176. The Hall–Kier alpha value is -1.39. The molecule has 0 aliphatic rings. The molecule has 1 aromatic carbocycles. The van der Waals surface area contributed by atoms with Crippen LogP contribution in [-0.4, -0.2) is 12.8 Å². The molecule has 0 amide bonds. The lowest BCUT2D eigenvalue weighted by Gasteiger charge is -2.12. The molecule has 15 heavy (non-hydrogen) atoms. The largest absolute Gasteiger partial charge is 0.484 e. The van der Waals surface area contributed by atoms with Gasteiger partial charge in [-0.3, -0.25) is 0 Å². The maximum Gasteiger partial charge on any atom is 0.422 e. The Kier molecular flexibility index (Phi) is 3.12. The number of halogens is 3. The molecular formula is C10H12F3NO. The van der Waals surface area contributed by atoms with Crippen molar-refractivity contribution in [2.75, 3.05) is 12.3 Å². The van der Waals surface area contributed by atoms with Gasteiger partial charge in [-0.15, -0.1) is 0 Å². The highest BCUT2D eigenvalue weighted by Crippen LogP contribution is 2.26. The van der Waals surface area contributed by atoms with Crippen LogP contribution in [0.5, 0.6) is 5.75 Å². The molecule has 1 aromatic rings. The standard InChI is InChI=1S/C10H12F3NO/c1-6-3-7(2)9(4-8(6)14)15-5-10(11,12)13/h3-4H,5,14H2,1-2H3. The summed E-state index contributed by atoms with van der Waals surface area (Å²) in [5.41, 5.74) is 7.47. The molecule has 0 spiro atoms. The number of nitrogens with two attached hydrogens (primary N) is 1. The average Bonchev–Trinajstić information content (AvgIpc) is 2.07. The van der Waals surface area contributed by atoms with Gasteiger partial charge >= 0.3 is 6.18 Å². The molecule has 0 atom stereocenters. The molecule has 0 saturated carbocycles. The van der Waals surface area contributed by atoms with Gasteiger partial charge in [0, 0.05) is 11.8 Å². The van der Waals surface area contributed by atoms with Crippen LogP contribution in [0.4, 0.5) is 18.9 Å². The number of aryl methyl sites for hydroxylation is 2. The van der Waals surface area contributed by atoms with Gasteiger partial charge in [0.05, 0.1) is 0 Å². The number of anilines is 1. The Labute approximate surface area is 85.8 Å². The number of alkyl halides is 3.